The predicted octanol–water partition coefficient (Wildman–Crippen LogP) is 1.25. The number of hydrogen-bond donors (Lipinski definition) is 1. The van der Waals surface area contributed by atoms with Crippen LogP contribution in [0.1, 0.15) is 19.8 Å². The van der Waals surface area contributed by atoms with E-state index in [9.17, 15) is 16.8 Å². The molecule has 7 heteroatoms. The van der Waals surface area contributed by atoms with Gasteiger partial charge in [0.25, 0.3) is 0 Å². The molecule has 0 heterocycles. The summed E-state index contributed by atoms with van der Waals surface area (Å²) in [5.74, 6) is 0.00949. The zero-order valence-corrected chi connectivity index (χ0v) is 13.6. The van der Waals surface area contributed by atoms with Gasteiger partial charge < -0.3 is 5.32 Å². The Morgan fingerprint density at radius 1 is 1.05 bits per heavy atom. The Kier molecular flexibility index (Phi) is 5.73. The quantitative estimate of drug-likeness (QED) is 0.818. The number of nitrogens with one attached hydrogen (secondary N) is 1. The van der Waals surface area contributed by atoms with Gasteiger partial charge in [0.15, 0.2) is 19.7 Å². The number of benzene rings is 1. The van der Waals surface area contributed by atoms with Crippen molar-refractivity contribution in [1.29, 1.82) is 0 Å². The third kappa shape index (κ3) is 4.57. The SMILES string of the molecule is CCCC(CS(=O)(=O)c1ccc(S(C)(=O)=O)cc1)NC. The lowest BCUT2D eigenvalue weighted by Crippen LogP contribution is -2.32. The van der Waals surface area contributed by atoms with Crippen LogP contribution in [-0.2, 0) is 19.7 Å². The molecule has 20 heavy (non-hydrogen) atoms. The van der Waals surface area contributed by atoms with Crippen molar-refractivity contribution in [3.63, 3.8) is 0 Å². The first-order chi connectivity index (χ1) is 9.20. The Morgan fingerprint density at radius 2 is 1.55 bits per heavy atom. The van der Waals surface area contributed by atoms with Gasteiger partial charge in [-0.15, -0.1) is 0 Å². The fourth-order valence-corrected chi connectivity index (χ4v) is 4.15. The van der Waals surface area contributed by atoms with Crippen LogP contribution in [0, 0.1) is 0 Å². The summed E-state index contributed by atoms with van der Waals surface area (Å²) in [6, 6.07) is 5.27. The van der Waals surface area contributed by atoms with Crippen LogP contribution in [0.25, 0.3) is 0 Å². The predicted molar refractivity (Wildman–Crippen MR) is 79.4 cm³/mol. The molecule has 114 valence electrons. The van der Waals surface area contributed by atoms with Gasteiger partial charge in [-0.05, 0) is 37.7 Å². The molecule has 0 fully saturated rings. The molecule has 0 saturated carbocycles. The fourth-order valence-electron chi connectivity index (χ4n) is 1.91. The van der Waals surface area contributed by atoms with Gasteiger partial charge in [0, 0.05) is 12.3 Å². The molecule has 1 aromatic carbocycles. The summed E-state index contributed by atoms with van der Waals surface area (Å²) in [5.41, 5.74) is 0. The first-order valence-electron chi connectivity index (χ1n) is 6.41. The van der Waals surface area contributed by atoms with Crippen molar-refractivity contribution in [3.05, 3.63) is 24.3 Å². The van der Waals surface area contributed by atoms with Crippen molar-refractivity contribution in [2.24, 2.45) is 0 Å². The zero-order valence-electron chi connectivity index (χ0n) is 12.0. The Morgan fingerprint density at radius 3 is 1.95 bits per heavy atom. The highest BCUT2D eigenvalue weighted by atomic mass is 32.2. The van der Waals surface area contributed by atoms with Crippen LogP contribution in [-0.4, -0.2) is 41.9 Å². The van der Waals surface area contributed by atoms with E-state index in [1.807, 2.05) is 6.92 Å². The largest absolute Gasteiger partial charge is 0.316 e. The van der Waals surface area contributed by atoms with Gasteiger partial charge in [-0.2, -0.15) is 0 Å². The van der Waals surface area contributed by atoms with Gasteiger partial charge in [0.05, 0.1) is 15.5 Å². The van der Waals surface area contributed by atoms with Gasteiger partial charge in [0.1, 0.15) is 0 Å². The molecule has 1 atom stereocenters. The third-order valence-electron chi connectivity index (χ3n) is 3.08. The molecule has 0 spiro atoms. The lowest BCUT2D eigenvalue weighted by molar-refractivity contribution is 0.536. The highest BCUT2D eigenvalue weighted by Gasteiger charge is 2.20. The highest BCUT2D eigenvalue weighted by Crippen LogP contribution is 2.17. The summed E-state index contributed by atoms with van der Waals surface area (Å²) in [6.07, 6.45) is 2.76. The van der Waals surface area contributed by atoms with E-state index in [0.29, 0.717) is 0 Å². The average molecular weight is 319 g/mol. The molecule has 1 unspecified atom stereocenters. The van der Waals surface area contributed by atoms with Crippen molar-refractivity contribution in [2.45, 2.75) is 35.6 Å². The molecule has 1 aromatic rings. The van der Waals surface area contributed by atoms with Crippen LogP contribution in [0.3, 0.4) is 0 Å². The molecule has 0 aliphatic rings. The summed E-state index contributed by atoms with van der Waals surface area (Å²) in [6.45, 7) is 2.00. The lowest BCUT2D eigenvalue weighted by Gasteiger charge is -2.15. The molecule has 5 nitrogen and oxygen atoms in total. The minimum absolute atomic E-state index is 0.00949. The second kappa shape index (κ2) is 6.69. The maximum Gasteiger partial charge on any atom is 0.179 e. The maximum absolute atomic E-state index is 12.2. The van der Waals surface area contributed by atoms with E-state index < -0.39 is 19.7 Å². The molecule has 0 saturated heterocycles. The van der Waals surface area contributed by atoms with Gasteiger partial charge in [-0.25, -0.2) is 16.8 Å². The summed E-state index contributed by atoms with van der Waals surface area (Å²) in [4.78, 5) is 0.274. The van der Waals surface area contributed by atoms with E-state index in [1.165, 1.54) is 24.3 Å². The van der Waals surface area contributed by atoms with E-state index in [-0.39, 0.29) is 21.6 Å². The van der Waals surface area contributed by atoms with Crippen molar-refractivity contribution in [3.8, 4) is 0 Å². The van der Waals surface area contributed by atoms with Crippen LogP contribution in [0.15, 0.2) is 34.1 Å². The minimum Gasteiger partial charge on any atom is -0.316 e. The standard InChI is InChI=1S/C13H21NO4S2/c1-4-5-11(14-2)10-20(17,18)13-8-6-12(7-9-13)19(3,15)16/h6-9,11,14H,4-5,10H2,1-3H3. The molecular formula is C13H21NO4S2. The number of rotatable bonds is 7. The summed E-state index contributed by atoms with van der Waals surface area (Å²) < 4.78 is 47.2. The second-order valence-electron chi connectivity index (χ2n) is 4.80. The molecular weight excluding hydrogens is 298 g/mol. The van der Waals surface area contributed by atoms with E-state index in [4.69, 9.17) is 0 Å². The van der Waals surface area contributed by atoms with Gasteiger partial charge in [-0.1, -0.05) is 13.3 Å². The zero-order chi connectivity index (χ0) is 15.4. The Labute approximate surface area is 121 Å². The second-order valence-corrected chi connectivity index (χ2v) is 8.85. The smallest absolute Gasteiger partial charge is 0.179 e. The molecule has 0 aromatic heterocycles. The molecule has 0 aliphatic heterocycles. The average Bonchev–Trinajstić information content (AvgIpc) is 2.37. The van der Waals surface area contributed by atoms with E-state index in [1.54, 1.807) is 7.05 Å². The highest BCUT2D eigenvalue weighted by molar-refractivity contribution is 7.91. The Balaban J connectivity index is 2.99. The van der Waals surface area contributed by atoms with Gasteiger partial charge in [-0.3, -0.25) is 0 Å². The Bertz CT molecular complexity index is 633. The van der Waals surface area contributed by atoms with Crippen molar-refractivity contribution in [1.82, 2.24) is 5.32 Å². The van der Waals surface area contributed by atoms with E-state index in [2.05, 4.69) is 5.32 Å². The third-order valence-corrected chi connectivity index (χ3v) is 6.04. The van der Waals surface area contributed by atoms with Gasteiger partial charge in [0.2, 0.25) is 0 Å². The van der Waals surface area contributed by atoms with Crippen molar-refractivity contribution >= 4 is 19.7 Å². The van der Waals surface area contributed by atoms with Crippen molar-refractivity contribution < 1.29 is 16.8 Å². The maximum atomic E-state index is 12.2. The number of sulfone groups is 2. The first kappa shape index (κ1) is 17.1. The first-order valence-corrected chi connectivity index (χ1v) is 9.95. The fraction of sp³-hybridized carbons (Fsp3) is 0.538. The molecule has 0 amide bonds. The van der Waals surface area contributed by atoms with Crippen LogP contribution in [0.5, 0.6) is 0 Å². The number of hydrogen-bond acceptors (Lipinski definition) is 5. The molecule has 1 rings (SSSR count). The van der Waals surface area contributed by atoms with E-state index in [0.717, 1.165) is 19.1 Å². The Hall–Kier alpha value is -0.920. The lowest BCUT2D eigenvalue weighted by atomic mass is 10.2. The monoisotopic (exact) mass is 319 g/mol. The van der Waals surface area contributed by atoms with Crippen LogP contribution >= 0.6 is 0 Å². The topological polar surface area (TPSA) is 80.3 Å². The minimum atomic E-state index is -3.41. The summed E-state index contributed by atoms with van der Waals surface area (Å²) in [5, 5.41) is 2.99. The normalized spacial score (nSPS) is 14.2. The molecule has 0 aliphatic carbocycles. The van der Waals surface area contributed by atoms with Crippen molar-refractivity contribution in [2.75, 3.05) is 19.1 Å². The van der Waals surface area contributed by atoms with Gasteiger partial charge >= 0.3 is 0 Å². The van der Waals surface area contributed by atoms with Crippen LogP contribution in [0.2, 0.25) is 0 Å². The summed E-state index contributed by atoms with van der Waals surface area (Å²) in [7, 11) is -4.98. The summed E-state index contributed by atoms with van der Waals surface area (Å²) >= 11 is 0. The molecule has 0 bridgehead atoms. The van der Waals surface area contributed by atoms with Crippen LogP contribution in [0.4, 0.5) is 0 Å². The van der Waals surface area contributed by atoms with Crippen LogP contribution < -0.4 is 5.32 Å². The molecule has 1 N–H and O–H groups in total. The molecule has 0 radical (unpaired) electrons. The van der Waals surface area contributed by atoms with E-state index >= 15 is 0 Å².